The molecular formula is C17H25N3S. The van der Waals surface area contributed by atoms with E-state index in [2.05, 4.69) is 35.0 Å². The van der Waals surface area contributed by atoms with Gasteiger partial charge < -0.3 is 5.32 Å². The van der Waals surface area contributed by atoms with E-state index in [0.29, 0.717) is 0 Å². The van der Waals surface area contributed by atoms with Crippen LogP contribution in [0.3, 0.4) is 0 Å². The lowest BCUT2D eigenvalue weighted by molar-refractivity contribution is 0.398. The fraction of sp³-hybridized carbons (Fsp3) is 0.588. The van der Waals surface area contributed by atoms with Crippen LogP contribution in [-0.2, 0) is 0 Å². The smallest absolute Gasteiger partial charge is 0.194 e. The first-order valence-corrected chi connectivity index (χ1v) is 8.87. The summed E-state index contributed by atoms with van der Waals surface area (Å²) >= 11 is 1.73. The van der Waals surface area contributed by atoms with Crippen LogP contribution < -0.4 is 5.32 Å². The molecule has 1 aliphatic rings. The molecule has 3 rings (SSSR count). The van der Waals surface area contributed by atoms with Gasteiger partial charge in [-0.15, -0.1) is 11.3 Å². The third kappa shape index (κ3) is 2.92. The van der Waals surface area contributed by atoms with E-state index in [1.165, 1.54) is 43.5 Å². The molecule has 114 valence electrons. The Bertz CT molecular complexity index is 644. The summed E-state index contributed by atoms with van der Waals surface area (Å²) in [5, 5.41) is 5.55. The molecule has 2 heterocycles. The van der Waals surface area contributed by atoms with Crippen molar-refractivity contribution >= 4 is 22.4 Å². The molecule has 0 saturated heterocycles. The number of hydrogen-bond donors (Lipinski definition) is 1. The molecule has 1 fully saturated rings. The zero-order valence-corrected chi connectivity index (χ0v) is 14.1. The molecule has 1 saturated carbocycles. The number of rotatable bonds is 4. The van der Waals surface area contributed by atoms with Crippen molar-refractivity contribution in [1.29, 1.82) is 0 Å². The van der Waals surface area contributed by atoms with E-state index in [0.717, 1.165) is 23.1 Å². The van der Waals surface area contributed by atoms with Gasteiger partial charge in [-0.2, -0.15) is 0 Å². The summed E-state index contributed by atoms with van der Waals surface area (Å²) in [5.41, 5.74) is 5.26. The average molecular weight is 303 g/mol. The highest BCUT2D eigenvalue weighted by molar-refractivity contribution is 7.15. The summed E-state index contributed by atoms with van der Waals surface area (Å²) in [4.78, 5) is 5.82. The fourth-order valence-corrected chi connectivity index (χ4v) is 4.38. The van der Waals surface area contributed by atoms with Gasteiger partial charge in [0.25, 0.3) is 0 Å². The molecule has 1 N–H and O–H groups in total. The van der Waals surface area contributed by atoms with E-state index in [-0.39, 0.29) is 0 Å². The van der Waals surface area contributed by atoms with Gasteiger partial charge in [0.05, 0.1) is 11.4 Å². The zero-order chi connectivity index (χ0) is 14.8. The maximum Gasteiger partial charge on any atom is 0.194 e. The van der Waals surface area contributed by atoms with Crippen molar-refractivity contribution in [2.24, 2.45) is 5.92 Å². The van der Waals surface area contributed by atoms with E-state index in [1.54, 1.807) is 16.9 Å². The lowest BCUT2D eigenvalue weighted by atomic mass is 9.83. The van der Waals surface area contributed by atoms with Crippen molar-refractivity contribution in [3.05, 3.63) is 28.0 Å². The summed E-state index contributed by atoms with van der Waals surface area (Å²) in [6, 6.07) is 0. The average Bonchev–Trinajstić information content (AvgIpc) is 3.00. The second kappa shape index (κ2) is 6.32. The lowest BCUT2D eigenvalue weighted by Crippen LogP contribution is -2.19. The van der Waals surface area contributed by atoms with Crippen LogP contribution in [0, 0.1) is 19.8 Å². The van der Waals surface area contributed by atoms with Crippen molar-refractivity contribution in [1.82, 2.24) is 14.7 Å². The number of nitrogens with zero attached hydrogens (tertiary/aromatic N) is 2. The quantitative estimate of drug-likeness (QED) is 0.917. The number of aromatic nitrogens is 2. The maximum absolute atomic E-state index is 4.71. The van der Waals surface area contributed by atoms with Crippen molar-refractivity contribution in [2.45, 2.75) is 46.0 Å². The van der Waals surface area contributed by atoms with Crippen LogP contribution in [0.2, 0.25) is 0 Å². The molecule has 21 heavy (non-hydrogen) atoms. The van der Waals surface area contributed by atoms with Gasteiger partial charge in [-0.3, -0.25) is 4.40 Å². The van der Waals surface area contributed by atoms with Gasteiger partial charge in [0.15, 0.2) is 4.96 Å². The van der Waals surface area contributed by atoms with E-state index < -0.39 is 0 Å². The van der Waals surface area contributed by atoms with Crippen molar-refractivity contribution in [2.75, 3.05) is 13.6 Å². The summed E-state index contributed by atoms with van der Waals surface area (Å²) in [6.45, 7) is 5.28. The highest BCUT2D eigenvalue weighted by atomic mass is 32.1. The highest BCUT2D eigenvalue weighted by Gasteiger charge is 2.19. The fourth-order valence-electron chi connectivity index (χ4n) is 3.46. The van der Waals surface area contributed by atoms with E-state index >= 15 is 0 Å². The first kappa shape index (κ1) is 14.8. The molecule has 3 nitrogen and oxygen atoms in total. The van der Waals surface area contributed by atoms with E-state index in [4.69, 9.17) is 4.98 Å². The lowest BCUT2D eigenvalue weighted by Gasteiger charge is -2.24. The molecule has 1 aliphatic carbocycles. The number of hydrogen-bond acceptors (Lipinski definition) is 3. The standard InChI is InChI=1S/C17H25N3S/c1-12-11-21-17-19-13(2)16(20(12)17)9-15(10-18-3)14-7-5-4-6-8-14/h9,11,14,18H,4-8,10H2,1-3H3/b15-9-. The Morgan fingerprint density at radius 2 is 2.14 bits per heavy atom. The van der Waals surface area contributed by atoms with E-state index in [9.17, 15) is 0 Å². The molecule has 0 unspecified atom stereocenters. The van der Waals surface area contributed by atoms with Crippen molar-refractivity contribution < 1.29 is 0 Å². The number of aryl methyl sites for hydroxylation is 2. The monoisotopic (exact) mass is 303 g/mol. The minimum atomic E-state index is 0.745. The second-order valence-electron chi connectivity index (χ2n) is 6.16. The van der Waals surface area contributed by atoms with Crippen LogP contribution in [0.1, 0.15) is 49.2 Å². The van der Waals surface area contributed by atoms with Gasteiger partial charge in [0, 0.05) is 17.6 Å². The number of imidazole rings is 1. The Balaban J connectivity index is 2.01. The van der Waals surface area contributed by atoms with Crippen molar-refractivity contribution in [3.8, 4) is 0 Å². The van der Waals surface area contributed by atoms with E-state index in [1.807, 2.05) is 7.05 Å². The molecular weight excluding hydrogens is 278 g/mol. The molecule has 0 amide bonds. The summed E-state index contributed by atoms with van der Waals surface area (Å²) < 4.78 is 2.30. The van der Waals surface area contributed by atoms with Gasteiger partial charge in [-0.05, 0) is 45.7 Å². The number of thiazole rings is 1. The topological polar surface area (TPSA) is 29.3 Å². The normalized spacial score (nSPS) is 17.8. The van der Waals surface area contributed by atoms with Gasteiger partial charge in [-0.25, -0.2) is 4.98 Å². The first-order chi connectivity index (χ1) is 10.2. The summed E-state index contributed by atoms with van der Waals surface area (Å²) in [6.07, 6.45) is 9.26. The highest BCUT2D eigenvalue weighted by Crippen LogP contribution is 2.31. The third-order valence-corrected chi connectivity index (χ3v) is 5.53. The summed E-state index contributed by atoms with van der Waals surface area (Å²) in [5.74, 6) is 0.745. The molecule has 0 spiro atoms. The Labute approximate surface area is 131 Å². The minimum absolute atomic E-state index is 0.745. The second-order valence-corrected chi connectivity index (χ2v) is 7.00. The van der Waals surface area contributed by atoms with Crippen LogP contribution in [-0.4, -0.2) is 23.0 Å². The molecule has 2 aromatic rings. The molecule has 0 aromatic carbocycles. The van der Waals surface area contributed by atoms with Crippen LogP contribution in [0.15, 0.2) is 11.0 Å². The molecule has 0 radical (unpaired) electrons. The van der Waals surface area contributed by atoms with Crippen LogP contribution in [0.25, 0.3) is 11.0 Å². The third-order valence-electron chi connectivity index (χ3n) is 4.59. The van der Waals surface area contributed by atoms with Crippen LogP contribution in [0.4, 0.5) is 0 Å². The maximum atomic E-state index is 4.71. The number of fused-ring (bicyclic) bond motifs is 1. The molecule has 0 atom stereocenters. The van der Waals surface area contributed by atoms with Gasteiger partial charge in [0.1, 0.15) is 0 Å². The largest absolute Gasteiger partial charge is 0.316 e. The van der Waals surface area contributed by atoms with Gasteiger partial charge >= 0.3 is 0 Å². The van der Waals surface area contributed by atoms with Gasteiger partial charge in [-0.1, -0.05) is 24.8 Å². The SMILES string of the molecule is CNC/C(=C/c1c(C)nc2scc(C)n12)C1CCCCC1. The molecule has 0 aliphatic heterocycles. The Hall–Kier alpha value is -1.13. The van der Waals surface area contributed by atoms with Gasteiger partial charge in [0.2, 0.25) is 0 Å². The molecule has 4 heteroatoms. The van der Waals surface area contributed by atoms with Crippen LogP contribution >= 0.6 is 11.3 Å². The molecule has 0 bridgehead atoms. The van der Waals surface area contributed by atoms with Crippen LogP contribution in [0.5, 0.6) is 0 Å². The number of nitrogens with one attached hydrogen (secondary N) is 1. The molecule has 2 aromatic heterocycles. The minimum Gasteiger partial charge on any atom is -0.316 e. The summed E-state index contributed by atoms with van der Waals surface area (Å²) in [7, 11) is 2.05. The predicted molar refractivity (Wildman–Crippen MR) is 91.0 cm³/mol. The first-order valence-electron chi connectivity index (χ1n) is 7.99. The Morgan fingerprint density at radius 1 is 1.38 bits per heavy atom. The predicted octanol–water partition coefficient (Wildman–Crippen LogP) is 4.20. The number of likely N-dealkylation sites (N-methyl/N-ethyl adjacent to an activating group) is 1. The van der Waals surface area contributed by atoms with Crippen molar-refractivity contribution in [3.63, 3.8) is 0 Å². The Kier molecular flexibility index (Phi) is 4.45. The zero-order valence-electron chi connectivity index (χ0n) is 13.3. The Morgan fingerprint density at radius 3 is 2.86 bits per heavy atom.